The Morgan fingerprint density at radius 2 is 2.30 bits per heavy atom. The van der Waals surface area contributed by atoms with Gasteiger partial charge in [-0.3, -0.25) is 4.79 Å². The second-order valence-electron chi connectivity index (χ2n) is 3.01. The van der Waals surface area contributed by atoms with E-state index in [0.717, 1.165) is 12.5 Å². The molecule has 10 heavy (non-hydrogen) atoms. The van der Waals surface area contributed by atoms with Gasteiger partial charge in [-0.2, -0.15) is 0 Å². The largest absolute Gasteiger partial charge is 0.363 e. The van der Waals surface area contributed by atoms with E-state index in [1.165, 1.54) is 12.8 Å². The highest BCUT2D eigenvalue weighted by Gasteiger charge is 2.32. The van der Waals surface area contributed by atoms with E-state index in [1.54, 1.807) is 0 Å². The van der Waals surface area contributed by atoms with E-state index in [1.807, 2.05) is 0 Å². The molecule has 0 radical (unpaired) electrons. The van der Waals surface area contributed by atoms with Crippen LogP contribution in [0.1, 0.15) is 12.8 Å². The maximum absolute atomic E-state index is 10.9. The van der Waals surface area contributed by atoms with E-state index in [4.69, 9.17) is 4.74 Å². The molecule has 1 aliphatic heterocycles. The van der Waals surface area contributed by atoms with Crippen LogP contribution in [0.15, 0.2) is 0 Å². The predicted molar refractivity (Wildman–Crippen MR) is 35.5 cm³/mol. The van der Waals surface area contributed by atoms with Crippen molar-refractivity contribution in [3.63, 3.8) is 0 Å². The molecule has 1 saturated carbocycles. The Hall–Kier alpha value is -0.570. The van der Waals surface area contributed by atoms with Gasteiger partial charge in [-0.25, -0.2) is 0 Å². The van der Waals surface area contributed by atoms with E-state index in [2.05, 4.69) is 5.32 Å². The SMILES string of the molecule is O=C(NCC1CC1)C1CO1. The molecule has 56 valence electrons. The summed E-state index contributed by atoms with van der Waals surface area (Å²) in [6.45, 7) is 1.48. The zero-order chi connectivity index (χ0) is 6.97. The van der Waals surface area contributed by atoms with Crippen molar-refractivity contribution in [1.29, 1.82) is 0 Å². The second kappa shape index (κ2) is 2.23. The highest BCUT2D eigenvalue weighted by molar-refractivity contribution is 5.82. The van der Waals surface area contributed by atoms with Gasteiger partial charge in [-0.1, -0.05) is 0 Å². The summed E-state index contributed by atoms with van der Waals surface area (Å²) in [6.07, 6.45) is 2.45. The summed E-state index contributed by atoms with van der Waals surface area (Å²) in [5, 5.41) is 2.84. The number of amides is 1. The van der Waals surface area contributed by atoms with Gasteiger partial charge in [0.05, 0.1) is 6.61 Å². The minimum absolute atomic E-state index is 0.0758. The van der Waals surface area contributed by atoms with Crippen molar-refractivity contribution in [2.45, 2.75) is 18.9 Å². The maximum Gasteiger partial charge on any atom is 0.251 e. The standard InChI is InChI=1S/C7H11NO2/c9-7(6-4-10-6)8-3-5-1-2-5/h5-6H,1-4H2,(H,8,9). The molecule has 0 aromatic carbocycles. The molecule has 1 amide bonds. The molecule has 0 bridgehead atoms. The van der Waals surface area contributed by atoms with E-state index < -0.39 is 0 Å². The fourth-order valence-corrected chi connectivity index (χ4v) is 0.880. The summed E-state index contributed by atoms with van der Waals surface area (Å²) in [6, 6.07) is 0. The summed E-state index contributed by atoms with van der Waals surface area (Å²) in [5.74, 6) is 0.842. The number of carbonyl (C=O) groups excluding carboxylic acids is 1. The third-order valence-corrected chi connectivity index (χ3v) is 1.89. The molecule has 1 heterocycles. The number of rotatable bonds is 3. The molecule has 0 aromatic heterocycles. The number of ether oxygens (including phenoxy) is 1. The molecular weight excluding hydrogens is 130 g/mol. The van der Waals surface area contributed by atoms with E-state index >= 15 is 0 Å². The Bertz CT molecular complexity index is 150. The molecule has 2 rings (SSSR count). The van der Waals surface area contributed by atoms with Crippen molar-refractivity contribution < 1.29 is 9.53 Å². The van der Waals surface area contributed by atoms with E-state index in [0.29, 0.717) is 6.61 Å². The van der Waals surface area contributed by atoms with Crippen LogP contribution in [-0.4, -0.2) is 25.2 Å². The van der Waals surface area contributed by atoms with Crippen molar-refractivity contribution in [2.75, 3.05) is 13.2 Å². The van der Waals surface area contributed by atoms with Crippen LogP contribution < -0.4 is 5.32 Å². The zero-order valence-corrected chi connectivity index (χ0v) is 5.80. The Labute approximate surface area is 59.7 Å². The maximum atomic E-state index is 10.9. The lowest BCUT2D eigenvalue weighted by atomic mass is 10.4. The van der Waals surface area contributed by atoms with Crippen LogP contribution in [0.5, 0.6) is 0 Å². The molecule has 2 aliphatic rings. The third-order valence-electron chi connectivity index (χ3n) is 1.89. The van der Waals surface area contributed by atoms with Gasteiger partial charge < -0.3 is 10.1 Å². The van der Waals surface area contributed by atoms with Gasteiger partial charge in [-0.15, -0.1) is 0 Å². The third kappa shape index (κ3) is 1.48. The number of hydrogen-bond acceptors (Lipinski definition) is 2. The average molecular weight is 141 g/mol. The highest BCUT2D eigenvalue weighted by Crippen LogP contribution is 2.27. The van der Waals surface area contributed by atoms with Crippen molar-refractivity contribution in [1.82, 2.24) is 5.32 Å². The van der Waals surface area contributed by atoms with Crippen LogP contribution in [0.4, 0.5) is 0 Å². The van der Waals surface area contributed by atoms with Gasteiger partial charge in [-0.05, 0) is 18.8 Å². The first-order chi connectivity index (χ1) is 4.86. The van der Waals surface area contributed by atoms with E-state index in [9.17, 15) is 4.79 Å². The molecule has 0 spiro atoms. The topological polar surface area (TPSA) is 41.6 Å². The summed E-state index contributed by atoms with van der Waals surface area (Å²) in [7, 11) is 0. The summed E-state index contributed by atoms with van der Waals surface area (Å²) in [5.41, 5.74) is 0. The minimum Gasteiger partial charge on any atom is -0.363 e. The van der Waals surface area contributed by atoms with Gasteiger partial charge in [0.1, 0.15) is 0 Å². The number of hydrogen-bond donors (Lipinski definition) is 1. The number of nitrogens with one attached hydrogen (secondary N) is 1. The molecule has 1 N–H and O–H groups in total. The monoisotopic (exact) mass is 141 g/mol. The molecule has 1 atom stereocenters. The zero-order valence-electron chi connectivity index (χ0n) is 5.80. The second-order valence-corrected chi connectivity index (χ2v) is 3.01. The fraction of sp³-hybridized carbons (Fsp3) is 0.857. The van der Waals surface area contributed by atoms with Gasteiger partial charge in [0.15, 0.2) is 6.10 Å². The van der Waals surface area contributed by atoms with Gasteiger partial charge in [0, 0.05) is 6.54 Å². The first kappa shape index (κ1) is 6.16. The van der Waals surface area contributed by atoms with Gasteiger partial charge >= 0.3 is 0 Å². The first-order valence-corrected chi connectivity index (χ1v) is 3.75. The lowest BCUT2D eigenvalue weighted by Crippen LogP contribution is -2.29. The fourth-order valence-electron chi connectivity index (χ4n) is 0.880. The molecule has 1 saturated heterocycles. The normalized spacial score (nSPS) is 29.8. The first-order valence-electron chi connectivity index (χ1n) is 3.75. The molecule has 1 aliphatic carbocycles. The highest BCUT2D eigenvalue weighted by atomic mass is 16.6. The van der Waals surface area contributed by atoms with Crippen LogP contribution in [0, 0.1) is 5.92 Å². The molecule has 2 fully saturated rings. The Morgan fingerprint density at radius 3 is 2.80 bits per heavy atom. The lowest BCUT2D eigenvalue weighted by Gasteiger charge is -1.98. The predicted octanol–water partition coefficient (Wildman–Crippen LogP) is -0.0886. The van der Waals surface area contributed by atoms with Crippen LogP contribution in [0.25, 0.3) is 0 Å². The number of carbonyl (C=O) groups is 1. The van der Waals surface area contributed by atoms with Crippen LogP contribution >= 0.6 is 0 Å². The minimum atomic E-state index is -0.112. The Morgan fingerprint density at radius 1 is 1.60 bits per heavy atom. The van der Waals surface area contributed by atoms with Crippen LogP contribution in [0.2, 0.25) is 0 Å². The number of epoxide rings is 1. The van der Waals surface area contributed by atoms with Crippen molar-refractivity contribution in [3.8, 4) is 0 Å². The summed E-state index contributed by atoms with van der Waals surface area (Å²) >= 11 is 0. The quantitative estimate of drug-likeness (QED) is 0.558. The smallest absolute Gasteiger partial charge is 0.251 e. The Balaban J connectivity index is 1.63. The molecule has 3 nitrogen and oxygen atoms in total. The van der Waals surface area contributed by atoms with Crippen molar-refractivity contribution >= 4 is 5.91 Å². The lowest BCUT2D eigenvalue weighted by molar-refractivity contribution is -0.122. The van der Waals surface area contributed by atoms with Crippen molar-refractivity contribution in [2.24, 2.45) is 5.92 Å². The van der Waals surface area contributed by atoms with Gasteiger partial charge in [0.2, 0.25) is 0 Å². The summed E-state index contributed by atoms with van der Waals surface area (Å²) < 4.78 is 4.81. The summed E-state index contributed by atoms with van der Waals surface area (Å²) in [4.78, 5) is 10.9. The molecule has 1 unspecified atom stereocenters. The molecule has 3 heteroatoms. The van der Waals surface area contributed by atoms with Crippen LogP contribution in [0.3, 0.4) is 0 Å². The molecule has 0 aromatic rings. The Kier molecular flexibility index (Phi) is 1.38. The van der Waals surface area contributed by atoms with Gasteiger partial charge in [0.25, 0.3) is 5.91 Å². The average Bonchev–Trinajstić information content (AvgIpc) is 2.76. The molecular formula is C7H11NO2. The van der Waals surface area contributed by atoms with Crippen LogP contribution in [-0.2, 0) is 9.53 Å². The van der Waals surface area contributed by atoms with E-state index in [-0.39, 0.29) is 12.0 Å². The van der Waals surface area contributed by atoms with Crippen molar-refractivity contribution in [3.05, 3.63) is 0 Å².